The molecule has 0 aliphatic heterocycles. The van der Waals surface area contributed by atoms with Crippen molar-refractivity contribution < 1.29 is 9.90 Å². The van der Waals surface area contributed by atoms with Crippen LogP contribution >= 0.6 is 0 Å². The van der Waals surface area contributed by atoms with Crippen molar-refractivity contribution in [2.24, 2.45) is 5.92 Å². The third kappa shape index (κ3) is 2.72. The Morgan fingerprint density at radius 2 is 2.11 bits per heavy atom. The minimum Gasteiger partial charge on any atom is -0.480 e. The number of carboxylic acids is 1. The molecule has 18 heavy (non-hydrogen) atoms. The fourth-order valence-electron chi connectivity index (χ4n) is 2.49. The smallest absolute Gasteiger partial charge is 0.320 e. The molecule has 3 nitrogen and oxygen atoms in total. The van der Waals surface area contributed by atoms with E-state index in [0.717, 1.165) is 18.8 Å². The van der Waals surface area contributed by atoms with Crippen LogP contribution in [-0.4, -0.2) is 17.1 Å². The lowest BCUT2D eigenvalue weighted by atomic mass is 10.1. The molecular formula is C15H19NO2. The lowest BCUT2D eigenvalue weighted by molar-refractivity contribution is -0.140. The van der Waals surface area contributed by atoms with Gasteiger partial charge in [0.15, 0.2) is 0 Å². The third-order valence-corrected chi connectivity index (χ3v) is 3.89. The van der Waals surface area contributed by atoms with Gasteiger partial charge >= 0.3 is 5.97 Å². The number of benzene rings is 1. The first-order chi connectivity index (χ1) is 8.74. The number of aliphatic carboxylic acids is 1. The van der Waals surface area contributed by atoms with Crippen LogP contribution in [0.1, 0.15) is 42.7 Å². The molecule has 1 unspecified atom stereocenters. The molecule has 2 fully saturated rings. The Balaban J connectivity index is 1.61. The van der Waals surface area contributed by atoms with E-state index in [2.05, 4.69) is 29.6 Å². The second-order valence-electron chi connectivity index (χ2n) is 5.55. The maximum atomic E-state index is 11.1. The highest BCUT2D eigenvalue weighted by molar-refractivity contribution is 5.74. The summed E-state index contributed by atoms with van der Waals surface area (Å²) in [6.07, 6.45) is 4.70. The molecule has 3 heteroatoms. The minimum atomic E-state index is -0.712. The van der Waals surface area contributed by atoms with E-state index in [1.807, 2.05) is 0 Å². The average Bonchev–Trinajstić information content (AvgIpc) is 3.22. The predicted octanol–water partition coefficient (Wildman–Crippen LogP) is 2.52. The molecule has 2 aliphatic rings. The maximum absolute atomic E-state index is 11.1. The number of nitrogens with one attached hydrogen (secondary N) is 1. The molecule has 2 aliphatic carbocycles. The maximum Gasteiger partial charge on any atom is 0.320 e. The van der Waals surface area contributed by atoms with Gasteiger partial charge in [-0.25, -0.2) is 0 Å². The van der Waals surface area contributed by atoms with Crippen LogP contribution in [0.4, 0.5) is 0 Å². The average molecular weight is 245 g/mol. The number of rotatable bonds is 6. The molecule has 96 valence electrons. The van der Waals surface area contributed by atoms with E-state index < -0.39 is 5.97 Å². The fraction of sp³-hybridized carbons (Fsp3) is 0.533. The van der Waals surface area contributed by atoms with E-state index >= 15 is 0 Å². The summed E-state index contributed by atoms with van der Waals surface area (Å²) in [5.41, 5.74) is 2.61. The van der Waals surface area contributed by atoms with Crippen LogP contribution in [0.5, 0.6) is 0 Å². The molecule has 0 radical (unpaired) electrons. The Kier molecular flexibility index (Phi) is 3.08. The van der Waals surface area contributed by atoms with Crippen molar-refractivity contribution in [3.63, 3.8) is 0 Å². The van der Waals surface area contributed by atoms with Crippen molar-refractivity contribution in [1.82, 2.24) is 5.32 Å². The summed E-state index contributed by atoms with van der Waals surface area (Å²) in [6, 6.07) is 8.18. The van der Waals surface area contributed by atoms with Crippen molar-refractivity contribution >= 4 is 5.97 Å². The lowest BCUT2D eigenvalue weighted by Gasteiger charge is -2.13. The SMILES string of the molecule is O=C(O)C(NCc1cccc(C2CC2)c1)C1CC1. The lowest BCUT2D eigenvalue weighted by Crippen LogP contribution is -2.38. The van der Waals surface area contributed by atoms with Gasteiger partial charge in [0.2, 0.25) is 0 Å². The van der Waals surface area contributed by atoms with Gasteiger partial charge in [-0.2, -0.15) is 0 Å². The Morgan fingerprint density at radius 3 is 2.72 bits per heavy atom. The zero-order chi connectivity index (χ0) is 12.5. The van der Waals surface area contributed by atoms with Gasteiger partial charge in [0.1, 0.15) is 6.04 Å². The second-order valence-corrected chi connectivity index (χ2v) is 5.55. The standard InChI is InChI=1S/C15H19NO2/c17-15(18)14(12-6-7-12)16-9-10-2-1-3-13(8-10)11-4-5-11/h1-3,8,11-12,14,16H,4-7,9H2,(H,17,18). The Hall–Kier alpha value is -1.35. The summed E-state index contributed by atoms with van der Waals surface area (Å²) in [5.74, 6) is 0.383. The van der Waals surface area contributed by atoms with E-state index in [1.54, 1.807) is 0 Å². The molecular weight excluding hydrogens is 226 g/mol. The van der Waals surface area contributed by atoms with Crippen LogP contribution in [0.3, 0.4) is 0 Å². The third-order valence-electron chi connectivity index (χ3n) is 3.89. The predicted molar refractivity (Wildman–Crippen MR) is 69.4 cm³/mol. The molecule has 0 amide bonds. The summed E-state index contributed by atoms with van der Waals surface area (Å²) >= 11 is 0. The van der Waals surface area contributed by atoms with E-state index in [1.165, 1.54) is 24.0 Å². The molecule has 0 spiro atoms. The molecule has 0 heterocycles. The van der Waals surface area contributed by atoms with Crippen molar-refractivity contribution in [2.45, 2.75) is 44.2 Å². The van der Waals surface area contributed by atoms with Crippen LogP contribution in [-0.2, 0) is 11.3 Å². The summed E-state index contributed by atoms with van der Waals surface area (Å²) < 4.78 is 0. The molecule has 1 aromatic carbocycles. The highest BCUT2D eigenvalue weighted by Gasteiger charge is 2.35. The molecule has 2 saturated carbocycles. The first-order valence-electron chi connectivity index (χ1n) is 6.79. The summed E-state index contributed by atoms with van der Waals surface area (Å²) in [6.45, 7) is 0.661. The molecule has 0 bridgehead atoms. The molecule has 0 saturated heterocycles. The first-order valence-corrected chi connectivity index (χ1v) is 6.79. The Labute approximate surface area is 107 Å². The van der Waals surface area contributed by atoms with Crippen molar-refractivity contribution in [2.75, 3.05) is 0 Å². The Morgan fingerprint density at radius 1 is 1.33 bits per heavy atom. The van der Waals surface area contributed by atoms with Crippen molar-refractivity contribution in [3.8, 4) is 0 Å². The van der Waals surface area contributed by atoms with Gasteiger partial charge < -0.3 is 10.4 Å². The summed E-state index contributed by atoms with van der Waals surface area (Å²) in [7, 11) is 0. The van der Waals surface area contributed by atoms with E-state index in [4.69, 9.17) is 5.11 Å². The number of hydrogen-bond acceptors (Lipinski definition) is 2. The minimum absolute atomic E-state index is 0.342. The summed E-state index contributed by atoms with van der Waals surface area (Å²) in [5, 5.41) is 12.3. The van der Waals surface area contributed by atoms with Crippen molar-refractivity contribution in [1.29, 1.82) is 0 Å². The topological polar surface area (TPSA) is 49.3 Å². The molecule has 1 aromatic rings. The first kappa shape index (κ1) is 11.7. The van der Waals surface area contributed by atoms with Crippen molar-refractivity contribution in [3.05, 3.63) is 35.4 Å². The Bertz CT molecular complexity index is 450. The van der Waals surface area contributed by atoms with Gasteiger partial charge in [-0.1, -0.05) is 24.3 Å². The highest BCUT2D eigenvalue weighted by Crippen LogP contribution is 2.40. The fourth-order valence-corrected chi connectivity index (χ4v) is 2.49. The zero-order valence-electron chi connectivity index (χ0n) is 10.4. The second kappa shape index (κ2) is 4.73. The van der Waals surface area contributed by atoms with Crippen LogP contribution in [0, 0.1) is 5.92 Å². The van der Waals surface area contributed by atoms with Crippen LogP contribution in [0.15, 0.2) is 24.3 Å². The van der Waals surface area contributed by atoms with Crippen LogP contribution in [0.25, 0.3) is 0 Å². The van der Waals surface area contributed by atoms with E-state index in [9.17, 15) is 4.79 Å². The molecule has 2 N–H and O–H groups in total. The largest absolute Gasteiger partial charge is 0.480 e. The molecule has 1 atom stereocenters. The van der Waals surface area contributed by atoms with Gasteiger partial charge in [0.25, 0.3) is 0 Å². The van der Waals surface area contributed by atoms with Gasteiger partial charge in [-0.15, -0.1) is 0 Å². The van der Waals surface area contributed by atoms with Gasteiger partial charge in [0, 0.05) is 6.54 Å². The number of carboxylic acid groups (broad SMARTS) is 1. The number of carbonyl (C=O) groups is 1. The monoisotopic (exact) mass is 245 g/mol. The van der Waals surface area contributed by atoms with Crippen LogP contribution < -0.4 is 5.32 Å². The highest BCUT2D eigenvalue weighted by atomic mass is 16.4. The summed E-state index contributed by atoms with van der Waals surface area (Å²) in [4.78, 5) is 11.1. The van der Waals surface area contributed by atoms with Crippen LogP contribution in [0.2, 0.25) is 0 Å². The van der Waals surface area contributed by atoms with E-state index in [0.29, 0.717) is 12.5 Å². The van der Waals surface area contributed by atoms with Gasteiger partial charge in [-0.05, 0) is 48.6 Å². The van der Waals surface area contributed by atoms with Gasteiger partial charge in [-0.3, -0.25) is 4.79 Å². The molecule has 3 rings (SSSR count). The number of hydrogen-bond donors (Lipinski definition) is 2. The zero-order valence-corrected chi connectivity index (χ0v) is 10.4. The van der Waals surface area contributed by atoms with E-state index in [-0.39, 0.29) is 6.04 Å². The quantitative estimate of drug-likeness (QED) is 0.809. The van der Waals surface area contributed by atoms with Gasteiger partial charge in [0.05, 0.1) is 0 Å². The normalized spacial score (nSPS) is 20.7. The molecule has 0 aromatic heterocycles.